The molecule has 0 radical (unpaired) electrons. The van der Waals surface area contributed by atoms with Gasteiger partial charge in [-0.25, -0.2) is 9.13 Å². The predicted molar refractivity (Wildman–Crippen MR) is 414 cm³/mol. The fraction of sp³-hybridized carbons (Fsp3) is 0.951. The summed E-state index contributed by atoms with van der Waals surface area (Å²) in [7, 11) is -9.91. The molecule has 600 valence electrons. The highest BCUT2D eigenvalue weighted by Crippen LogP contribution is 2.45. The molecule has 17 nitrogen and oxygen atoms in total. The summed E-state index contributed by atoms with van der Waals surface area (Å²) >= 11 is 0. The minimum Gasteiger partial charge on any atom is -0.462 e. The van der Waals surface area contributed by atoms with E-state index < -0.39 is 97.5 Å². The number of hydrogen-bond acceptors (Lipinski definition) is 15. The van der Waals surface area contributed by atoms with Crippen molar-refractivity contribution in [2.24, 2.45) is 0 Å². The zero-order valence-corrected chi connectivity index (χ0v) is 67.7. The van der Waals surface area contributed by atoms with Crippen molar-refractivity contribution in [1.82, 2.24) is 0 Å². The van der Waals surface area contributed by atoms with Crippen molar-refractivity contribution in [1.29, 1.82) is 0 Å². The Kier molecular flexibility index (Phi) is 74.8. The molecular formula is C82H160O17P2. The van der Waals surface area contributed by atoms with Crippen LogP contribution in [0.15, 0.2) is 0 Å². The number of carbonyl (C=O) groups excluding carboxylic acids is 4. The third-order valence-electron chi connectivity index (χ3n) is 19.4. The molecule has 0 rings (SSSR count). The van der Waals surface area contributed by atoms with Crippen molar-refractivity contribution in [3.63, 3.8) is 0 Å². The van der Waals surface area contributed by atoms with E-state index in [2.05, 4.69) is 27.7 Å². The highest BCUT2D eigenvalue weighted by molar-refractivity contribution is 7.47. The Bertz CT molecular complexity index is 1910. The van der Waals surface area contributed by atoms with Gasteiger partial charge in [0.25, 0.3) is 0 Å². The molecule has 0 heterocycles. The van der Waals surface area contributed by atoms with E-state index in [0.29, 0.717) is 25.7 Å². The van der Waals surface area contributed by atoms with Crippen LogP contribution < -0.4 is 0 Å². The van der Waals surface area contributed by atoms with E-state index in [1.165, 1.54) is 263 Å². The second-order valence-corrected chi connectivity index (χ2v) is 32.4. The number of aliphatic hydroxyl groups is 1. The van der Waals surface area contributed by atoms with Crippen molar-refractivity contribution in [3.8, 4) is 0 Å². The zero-order chi connectivity index (χ0) is 73.9. The van der Waals surface area contributed by atoms with Crippen LogP contribution in [0.3, 0.4) is 0 Å². The first-order valence-electron chi connectivity index (χ1n) is 42.8. The molecule has 0 saturated heterocycles. The molecule has 101 heavy (non-hydrogen) atoms. The summed E-state index contributed by atoms with van der Waals surface area (Å²) < 4.78 is 68.6. The van der Waals surface area contributed by atoms with Gasteiger partial charge in [0.15, 0.2) is 12.2 Å². The van der Waals surface area contributed by atoms with Gasteiger partial charge < -0.3 is 33.8 Å². The summed E-state index contributed by atoms with van der Waals surface area (Å²) in [4.78, 5) is 72.9. The number of esters is 4. The lowest BCUT2D eigenvalue weighted by molar-refractivity contribution is -0.161. The second-order valence-electron chi connectivity index (χ2n) is 29.5. The fourth-order valence-electron chi connectivity index (χ4n) is 12.8. The van der Waals surface area contributed by atoms with Crippen molar-refractivity contribution < 1.29 is 80.2 Å². The van der Waals surface area contributed by atoms with Crippen LogP contribution in [0.25, 0.3) is 0 Å². The number of phosphoric acid groups is 2. The van der Waals surface area contributed by atoms with Gasteiger partial charge in [0.05, 0.1) is 26.4 Å². The maximum absolute atomic E-state index is 13.1. The number of rotatable bonds is 83. The van der Waals surface area contributed by atoms with Crippen LogP contribution in [0.1, 0.15) is 445 Å². The van der Waals surface area contributed by atoms with Gasteiger partial charge in [-0.3, -0.25) is 37.3 Å². The van der Waals surface area contributed by atoms with Crippen molar-refractivity contribution in [2.75, 3.05) is 39.6 Å². The Labute approximate surface area is 619 Å². The predicted octanol–water partition coefficient (Wildman–Crippen LogP) is 25.0. The van der Waals surface area contributed by atoms with Gasteiger partial charge in [-0.2, -0.15) is 0 Å². The smallest absolute Gasteiger partial charge is 0.462 e. The molecule has 0 aromatic carbocycles. The average Bonchev–Trinajstić information content (AvgIpc) is 0.972. The lowest BCUT2D eigenvalue weighted by Gasteiger charge is -2.21. The Morgan fingerprint density at radius 2 is 0.396 bits per heavy atom. The van der Waals surface area contributed by atoms with E-state index in [9.17, 15) is 43.2 Å². The van der Waals surface area contributed by atoms with Gasteiger partial charge in [0.2, 0.25) is 0 Å². The molecule has 0 aliphatic rings. The summed E-state index contributed by atoms with van der Waals surface area (Å²) in [6, 6.07) is 0. The van der Waals surface area contributed by atoms with E-state index in [1.54, 1.807) is 0 Å². The molecule has 0 saturated carbocycles. The van der Waals surface area contributed by atoms with E-state index in [1.807, 2.05) is 0 Å². The summed E-state index contributed by atoms with van der Waals surface area (Å²) in [6.45, 7) is 4.99. The first-order valence-corrected chi connectivity index (χ1v) is 45.8. The largest absolute Gasteiger partial charge is 0.472 e. The van der Waals surface area contributed by atoms with Crippen molar-refractivity contribution >= 4 is 39.5 Å². The minimum atomic E-state index is -4.96. The molecule has 2 unspecified atom stereocenters. The lowest BCUT2D eigenvalue weighted by atomic mass is 10.0. The highest BCUT2D eigenvalue weighted by atomic mass is 31.2. The Morgan fingerprint density at radius 1 is 0.238 bits per heavy atom. The maximum atomic E-state index is 13.1. The zero-order valence-electron chi connectivity index (χ0n) is 65.9. The van der Waals surface area contributed by atoms with Crippen LogP contribution in [0, 0.1) is 0 Å². The van der Waals surface area contributed by atoms with Gasteiger partial charge in [-0.15, -0.1) is 0 Å². The molecule has 0 spiro atoms. The van der Waals surface area contributed by atoms with E-state index in [0.717, 1.165) is 103 Å². The second kappa shape index (κ2) is 76.3. The Balaban J connectivity index is 5.16. The molecule has 3 N–H and O–H groups in total. The van der Waals surface area contributed by atoms with Gasteiger partial charge in [0.1, 0.15) is 19.3 Å². The molecule has 0 aromatic rings. The molecule has 19 heteroatoms. The van der Waals surface area contributed by atoms with Crippen LogP contribution in [0.4, 0.5) is 0 Å². The number of phosphoric ester groups is 2. The van der Waals surface area contributed by atoms with Crippen molar-refractivity contribution in [3.05, 3.63) is 0 Å². The highest BCUT2D eigenvalue weighted by Gasteiger charge is 2.30. The van der Waals surface area contributed by atoms with Crippen LogP contribution in [0.5, 0.6) is 0 Å². The van der Waals surface area contributed by atoms with E-state index >= 15 is 0 Å². The third-order valence-corrected chi connectivity index (χ3v) is 21.3. The minimum absolute atomic E-state index is 0.108. The first kappa shape index (κ1) is 99.1. The van der Waals surface area contributed by atoms with Gasteiger partial charge in [-0.05, 0) is 25.7 Å². The quantitative estimate of drug-likeness (QED) is 0.0222. The van der Waals surface area contributed by atoms with Crippen LogP contribution >= 0.6 is 15.6 Å². The third kappa shape index (κ3) is 76.1. The number of hydrogen-bond donors (Lipinski definition) is 3. The first-order chi connectivity index (χ1) is 49.2. The molecule has 0 fully saturated rings. The molecule has 0 aliphatic heterocycles. The number of ether oxygens (including phenoxy) is 4. The van der Waals surface area contributed by atoms with E-state index in [-0.39, 0.29) is 25.7 Å². The average molecular weight is 1480 g/mol. The number of aliphatic hydroxyl groups excluding tert-OH is 1. The summed E-state index contributed by atoms with van der Waals surface area (Å²) in [5.41, 5.74) is 0. The Hall–Kier alpha value is -1.94. The topological polar surface area (TPSA) is 237 Å². The van der Waals surface area contributed by atoms with Crippen LogP contribution in [0.2, 0.25) is 0 Å². The van der Waals surface area contributed by atoms with Crippen molar-refractivity contribution in [2.45, 2.75) is 463 Å². The summed E-state index contributed by atoms with van der Waals surface area (Å²) in [5, 5.41) is 10.6. The normalized spacial score (nSPS) is 13.8. The Morgan fingerprint density at radius 3 is 0.584 bits per heavy atom. The van der Waals surface area contributed by atoms with Gasteiger partial charge in [-0.1, -0.05) is 394 Å². The summed E-state index contributed by atoms with van der Waals surface area (Å²) in [5.74, 6) is -2.11. The maximum Gasteiger partial charge on any atom is 0.472 e. The monoisotopic (exact) mass is 1480 g/mol. The standard InChI is InChI=1S/C82H160O17P2/c1-5-9-13-17-21-24-27-30-33-35-37-38-40-42-44-47-50-53-57-61-65-69-82(87)99-78(73-93-80(85)67-63-59-55-51-48-46-43-41-39-36-34-31-28-25-22-18-14-10-6-2)75-97-101(90,91)95-71-76(83)70-94-100(88,89)96-74-77(72-92-79(84)66-62-58-54-20-16-12-8-4)98-81(86)68-64-60-56-52-49-45-32-29-26-23-19-15-11-7-3/h76-78,83H,5-75H2,1-4H3,(H,88,89)(H,90,91)/t76-,77+,78+/m0/s1. The van der Waals surface area contributed by atoms with E-state index in [4.69, 9.17) is 37.0 Å². The molecule has 0 aromatic heterocycles. The molecule has 0 aliphatic carbocycles. The lowest BCUT2D eigenvalue weighted by Crippen LogP contribution is -2.30. The van der Waals surface area contributed by atoms with Gasteiger partial charge in [0, 0.05) is 25.7 Å². The molecular weight excluding hydrogens is 1320 g/mol. The fourth-order valence-corrected chi connectivity index (χ4v) is 14.4. The van der Waals surface area contributed by atoms with Gasteiger partial charge >= 0.3 is 39.5 Å². The molecule has 0 bridgehead atoms. The SMILES string of the molecule is CCCCCCCCCCCCCCCCCCCCCCCC(=O)O[C@H](COC(=O)CCCCCCCCCCCCCCCCCCCCC)COP(=O)(O)OC[C@@H](O)COP(=O)(O)OC[C@@H](COC(=O)CCCCCCCCC)OC(=O)CCCCCCCCCCCCCCCC. The summed E-state index contributed by atoms with van der Waals surface area (Å²) in [6.07, 6.45) is 69.7. The van der Waals surface area contributed by atoms with Crippen LogP contribution in [-0.4, -0.2) is 96.7 Å². The molecule has 5 atom stereocenters. The van der Waals surface area contributed by atoms with Crippen LogP contribution in [-0.2, 0) is 65.4 Å². The molecule has 0 amide bonds. The number of unbranched alkanes of at least 4 members (excludes halogenated alkanes) is 57. The number of carbonyl (C=O) groups is 4.